The molecule has 96 valence electrons. The molecule has 1 aliphatic rings. The molecule has 2 rings (SSSR count). The molecular formula is C12H15N3O3. The average molecular weight is 249 g/mol. The van der Waals surface area contributed by atoms with Gasteiger partial charge in [-0.15, -0.1) is 0 Å². The molecule has 0 radical (unpaired) electrons. The van der Waals surface area contributed by atoms with Crippen LogP contribution >= 0.6 is 0 Å². The quantitative estimate of drug-likeness (QED) is 0.615. The van der Waals surface area contributed by atoms with Gasteiger partial charge in [-0.05, 0) is 24.9 Å². The Balaban J connectivity index is 1.86. The standard InChI is InChI=1S/C12H15N3O3/c16-12(11-2-1-7-13-11)14-8-9-3-5-10(6-4-9)15(17)18/h3-6,11,13H,1-2,7-8H2,(H,14,16)/t11-/m0/s1. The summed E-state index contributed by atoms with van der Waals surface area (Å²) in [4.78, 5) is 21.8. The van der Waals surface area contributed by atoms with Gasteiger partial charge in [-0.3, -0.25) is 14.9 Å². The van der Waals surface area contributed by atoms with Gasteiger partial charge < -0.3 is 10.6 Å². The normalized spacial score (nSPS) is 18.6. The molecule has 18 heavy (non-hydrogen) atoms. The molecule has 0 aromatic heterocycles. The van der Waals surface area contributed by atoms with Gasteiger partial charge in [0.25, 0.3) is 5.69 Å². The zero-order chi connectivity index (χ0) is 13.0. The van der Waals surface area contributed by atoms with Gasteiger partial charge in [0.1, 0.15) is 0 Å². The number of non-ortho nitro benzene ring substituents is 1. The highest BCUT2D eigenvalue weighted by molar-refractivity contribution is 5.81. The summed E-state index contributed by atoms with van der Waals surface area (Å²) in [5.41, 5.74) is 0.912. The maximum Gasteiger partial charge on any atom is 0.269 e. The highest BCUT2D eigenvalue weighted by atomic mass is 16.6. The third kappa shape index (κ3) is 3.04. The van der Waals surface area contributed by atoms with Crippen molar-refractivity contribution >= 4 is 11.6 Å². The lowest BCUT2D eigenvalue weighted by molar-refractivity contribution is -0.384. The van der Waals surface area contributed by atoms with Gasteiger partial charge in [-0.1, -0.05) is 12.1 Å². The SMILES string of the molecule is O=C(NCc1ccc([N+](=O)[O-])cc1)[C@@H]1CCCN1. The van der Waals surface area contributed by atoms with Crippen LogP contribution in [0.1, 0.15) is 18.4 Å². The van der Waals surface area contributed by atoms with Gasteiger partial charge in [0.2, 0.25) is 5.91 Å². The van der Waals surface area contributed by atoms with Crippen LogP contribution in [0, 0.1) is 10.1 Å². The van der Waals surface area contributed by atoms with E-state index >= 15 is 0 Å². The number of nitro groups is 1. The van der Waals surface area contributed by atoms with E-state index in [0.29, 0.717) is 6.54 Å². The fourth-order valence-electron chi connectivity index (χ4n) is 1.96. The molecule has 6 nitrogen and oxygen atoms in total. The second-order valence-electron chi connectivity index (χ2n) is 4.29. The van der Waals surface area contributed by atoms with Crippen molar-refractivity contribution in [3.63, 3.8) is 0 Å². The van der Waals surface area contributed by atoms with Crippen LogP contribution in [0.25, 0.3) is 0 Å². The van der Waals surface area contributed by atoms with Crippen molar-refractivity contribution in [1.82, 2.24) is 10.6 Å². The topological polar surface area (TPSA) is 84.3 Å². The fraction of sp³-hybridized carbons (Fsp3) is 0.417. The summed E-state index contributed by atoms with van der Waals surface area (Å²) in [6.07, 6.45) is 1.89. The van der Waals surface area contributed by atoms with Crippen LogP contribution in [-0.2, 0) is 11.3 Å². The van der Waals surface area contributed by atoms with E-state index in [0.717, 1.165) is 24.9 Å². The highest BCUT2D eigenvalue weighted by Crippen LogP contribution is 2.12. The molecule has 0 saturated carbocycles. The van der Waals surface area contributed by atoms with Crippen LogP contribution in [0.5, 0.6) is 0 Å². The summed E-state index contributed by atoms with van der Waals surface area (Å²) >= 11 is 0. The predicted octanol–water partition coefficient (Wildman–Crippen LogP) is 0.963. The van der Waals surface area contributed by atoms with Crippen molar-refractivity contribution in [1.29, 1.82) is 0 Å². The maximum absolute atomic E-state index is 11.7. The first kappa shape index (κ1) is 12.5. The molecule has 6 heteroatoms. The predicted molar refractivity (Wildman–Crippen MR) is 66.0 cm³/mol. The largest absolute Gasteiger partial charge is 0.351 e. The van der Waals surface area contributed by atoms with Crippen molar-refractivity contribution in [2.24, 2.45) is 0 Å². The van der Waals surface area contributed by atoms with Crippen LogP contribution in [-0.4, -0.2) is 23.4 Å². The fourth-order valence-corrected chi connectivity index (χ4v) is 1.96. The lowest BCUT2D eigenvalue weighted by atomic mass is 10.2. The molecule has 1 aromatic carbocycles. The van der Waals surface area contributed by atoms with Gasteiger partial charge in [0.15, 0.2) is 0 Å². The molecular weight excluding hydrogens is 234 g/mol. The van der Waals surface area contributed by atoms with E-state index in [1.54, 1.807) is 12.1 Å². The molecule has 0 aliphatic carbocycles. The number of hydrogen-bond donors (Lipinski definition) is 2. The van der Waals surface area contributed by atoms with E-state index < -0.39 is 4.92 Å². The van der Waals surface area contributed by atoms with Gasteiger partial charge >= 0.3 is 0 Å². The Morgan fingerprint density at radius 2 is 2.17 bits per heavy atom. The van der Waals surface area contributed by atoms with Crippen LogP contribution in [0.15, 0.2) is 24.3 Å². The Hall–Kier alpha value is -1.95. The number of nitrogens with zero attached hydrogens (tertiary/aromatic N) is 1. The first-order valence-electron chi connectivity index (χ1n) is 5.91. The molecule has 0 spiro atoms. The maximum atomic E-state index is 11.7. The number of amides is 1. The molecule has 1 atom stereocenters. The van der Waals surface area contributed by atoms with Crippen molar-refractivity contribution in [2.45, 2.75) is 25.4 Å². The van der Waals surface area contributed by atoms with Gasteiger partial charge in [-0.2, -0.15) is 0 Å². The molecule has 1 amide bonds. The van der Waals surface area contributed by atoms with Crippen LogP contribution in [0.3, 0.4) is 0 Å². The molecule has 0 bridgehead atoms. The molecule has 2 N–H and O–H groups in total. The van der Waals surface area contributed by atoms with Gasteiger partial charge in [-0.25, -0.2) is 0 Å². The Morgan fingerprint density at radius 1 is 1.44 bits per heavy atom. The minimum absolute atomic E-state index is 0.00847. The number of benzene rings is 1. The van der Waals surface area contributed by atoms with E-state index in [-0.39, 0.29) is 17.6 Å². The average Bonchev–Trinajstić information content (AvgIpc) is 2.90. The monoisotopic (exact) mass is 249 g/mol. The van der Waals surface area contributed by atoms with Crippen molar-refractivity contribution < 1.29 is 9.72 Å². The molecule has 1 aromatic rings. The number of rotatable bonds is 4. The second kappa shape index (κ2) is 5.59. The van der Waals surface area contributed by atoms with E-state index in [1.807, 2.05) is 0 Å². The van der Waals surface area contributed by atoms with E-state index in [9.17, 15) is 14.9 Å². The first-order chi connectivity index (χ1) is 8.66. The lowest BCUT2D eigenvalue weighted by Gasteiger charge is -2.10. The van der Waals surface area contributed by atoms with Crippen LogP contribution in [0.2, 0.25) is 0 Å². The zero-order valence-electron chi connectivity index (χ0n) is 9.89. The minimum atomic E-state index is -0.440. The summed E-state index contributed by atoms with van der Waals surface area (Å²) in [7, 11) is 0. The second-order valence-corrected chi connectivity index (χ2v) is 4.29. The Kier molecular flexibility index (Phi) is 3.88. The van der Waals surface area contributed by atoms with Gasteiger partial charge in [0, 0.05) is 18.7 Å². The summed E-state index contributed by atoms with van der Waals surface area (Å²) in [6, 6.07) is 6.09. The molecule has 0 unspecified atom stereocenters. The highest BCUT2D eigenvalue weighted by Gasteiger charge is 2.21. The Labute approximate surface area is 105 Å². The number of carbonyl (C=O) groups excluding carboxylic acids is 1. The van der Waals surface area contributed by atoms with Crippen LogP contribution < -0.4 is 10.6 Å². The summed E-state index contributed by atoms with van der Waals surface area (Å²) < 4.78 is 0. The van der Waals surface area contributed by atoms with E-state index in [1.165, 1.54) is 12.1 Å². The van der Waals surface area contributed by atoms with Crippen molar-refractivity contribution in [3.8, 4) is 0 Å². The van der Waals surface area contributed by atoms with E-state index in [4.69, 9.17) is 0 Å². The molecule has 1 fully saturated rings. The smallest absolute Gasteiger partial charge is 0.269 e. The van der Waals surface area contributed by atoms with Crippen molar-refractivity contribution in [2.75, 3.05) is 6.54 Å². The Morgan fingerprint density at radius 3 is 2.72 bits per heavy atom. The molecule has 1 heterocycles. The number of hydrogen-bond acceptors (Lipinski definition) is 4. The number of nitro benzene ring substituents is 1. The molecule has 1 saturated heterocycles. The number of carbonyl (C=O) groups is 1. The van der Waals surface area contributed by atoms with Crippen molar-refractivity contribution in [3.05, 3.63) is 39.9 Å². The molecule has 1 aliphatic heterocycles. The third-order valence-electron chi connectivity index (χ3n) is 2.99. The summed E-state index contributed by atoms with van der Waals surface area (Å²) in [5.74, 6) is -0.00847. The van der Waals surface area contributed by atoms with Crippen LogP contribution in [0.4, 0.5) is 5.69 Å². The third-order valence-corrected chi connectivity index (χ3v) is 2.99. The van der Waals surface area contributed by atoms with E-state index in [2.05, 4.69) is 10.6 Å². The lowest BCUT2D eigenvalue weighted by Crippen LogP contribution is -2.39. The zero-order valence-corrected chi connectivity index (χ0v) is 9.89. The summed E-state index contributed by atoms with van der Waals surface area (Å²) in [5, 5.41) is 16.4. The number of nitrogens with one attached hydrogen (secondary N) is 2. The summed E-state index contributed by atoms with van der Waals surface area (Å²) in [6.45, 7) is 1.28. The van der Waals surface area contributed by atoms with Gasteiger partial charge in [0.05, 0.1) is 11.0 Å². The Bertz CT molecular complexity index is 438. The first-order valence-corrected chi connectivity index (χ1v) is 5.91. The minimum Gasteiger partial charge on any atom is -0.351 e.